The Morgan fingerprint density at radius 3 is 2.60 bits per heavy atom. The molecule has 0 bridgehead atoms. The Labute approximate surface area is 147 Å². The van der Waals surface area contributed by atoms with Crippen molar-refractivity contribution in [2.45, 2.75) is 45.7 Å². The van der Waals surface area contributed by atoms with E-state index < -0.39 is 0 Å². The van der Waals surface area contributed by atoms with E-state index in [0.717, 1.165) is 37.1 Å². The zero-order valence-corrected chi connectivity index (χ0v) is 14.8. The van der Waals surface area contributed by atoms with Crippen LogP contribution >= 0.6 is 0 Å². The second-order valence-electron chi connectivity index (χ2n) is 6.60. The highest BCUT2D eigenvalue weighted by molar-refractivity contribution is 5.84. The molecule has 6 heteroatoms. The maximum absolute atomic E-state index is 12.7. The smallest absolute Gasteiger partial charge is 0.274 e. The molecule has 1 amide bonds. The largest absolute Gasteiger partial charge is 0.350 e. The van der Waals surface area contributed by atoms with Crippen molar-refractivity contribution in [1.82, 2.24) is 20.0 Å². The van der Waals surface area contributed by atoms with Crippen LogP contribution in [0.25, 0.3) is 10.8 Å². The molecule has 0 aliphatic carbocycles. The highest BCUT2D eigenvalue weighted by Gasteiger charge is 2.14. The molecular formula is C19H26N4O2. The predicted octanol–water partition coefficient (Wildman–Crippen LogP) is 1.91. The Morgan fingerprint density at radius 2 is 1.88 bits per heavy atom. The summed E-state index contributed by atoms with van der Waals surface area (Å²) in [5.74, 6) is 0.0168. The lowest BCUT2D eigenvalue weighted by molar-refractivity contribution is -0.121. The van der Waals surface area contributed by atoms with Crippen LogP contribution in [0.4, 0.5) is 0 Å². The maximum Gasteiger partial charge on any atom is 0.274 e. The van der Waals surface area contributed by atoms with Gasteiger partial charge in [0.25, 0.3) is 5.56 Å². The molecule has 134 valence electrons. The minimum Gasteiger partial charge on any atom is -0.350 e. The molecule has 1 N–H and O–H groups in total. The number of carbonyl (C=O) groups excluding carboxylic acids is 1. The summed E-state index contributed by atoms with van der Waals surface area (Å²) in [7, 11) is 0. The molecule has 0 saturated carbocycles. The summed E-state index contributed by atoms with van der Waals surface area (Å²) in [6.07, 6.45) is 3.78. The first-order chi connectivity index (χ1) is 12.2. The minimum atomic E-state index is -0.0570. The number of benzene rings is 1. The Morgan fingerprint density at radius 1 is 1.16 bits per heavy atom. The third-order valence-electron chi connectivity index (χ3n) is 4.70. The molecule has 3 rings (SSSR count). The first-order valence-electron chi connectivity index (χ1n) is 9.17. The van der Waals surface area contributed by atoms with Crippen molar-refractivity contribution < 1.29 is 4.79 Å². The van der Waals surface area contributed by atoms with Crippen LogP contribution in [-0.4, -0.2) is 40.2 Å². The number of carbonyl (C=O) groups is 1. The van der Waals surface area contributed by atoms with Gasteiger partial charge in [0.05, 0.1) is 24.2 Å². The molecule has 6 nitrogen and oxygen atoms in total. The van der Waals surface area contributed by atoms with Gasteiger partial charge in [-0.15, -0.1) is 0 Å². The van der Waals surface area contributed by atoms with E-state index in [1.54, 1.807) is 4.68 Å². The van der Waals surface area contributed by atoms with Crippen LogP contribution in [0.15, 0.2) is 29.1 Å². The van der Waals surface area contributed by atoms with E-state index in [2.05, 4.69) is 15.3 Å². The highest BCUT2D eigenvalue weighted by Crippen LogP contribution is 2.13. The average Bonchev–Trinajstić information content (AvgIpc) is 3.14. The van der Waals surface area contributed by atoms with Gasteiger partial charge in [-0.05, 0) is 38.4 Å². The number of aromatic nitrogens is 2. The quantitative estimate of drug-likeness (QED) is 0.835. The van der Waals surface area contributed by atoms with Gasteiger partial charge in [-0.2, -0.15) is 5.10 Å². The third kappa shape index (κ3) is 4.25. The van der Waals surface area contributed by atoms with Gasteiger partial charge in [0.2, 0.25) is 5.91 Å². The maximum atomic E-state index is 12.7. The molecule has 2 heterocycles. The zero-order chi connectivity index (χ0) is 17.6. The summed E-state index contributed by atoms with van der Waals surface area (Å²) < 4.78 is 1.56. The van der Waals surface area contributed by atoms with E-state index in [4.69, 9.17) is 0 Å². The number of rotatable bonds is 7. The summed E-state index contributed by atoms with van der Waals surface area (Å²) in [6, 6.07) is 7.50. The fraction of sp³-hybridized carbons (Fsp3) is 0.526. The van der Waals surface area contributed by atoms with E-state index in [0.29, 0.717) is 24.9 Å². The first-order valence-corrected chi connectivity index (χ1v) is 9.17. The molecule has 1 aromatic heterocycles. The van der Waals surface area contributed by atoms with Gasteiger partial charge in [-0.3, -0.25) is 9.59 Å². The Balaban J connectivity index is 1.84. The van der Waals surface area contributed by atoms with E-state index in [1.165, 1.54) is 12.8 Å². The van der Waals surface area contributed by atoms with Gasteiger partial charge >= 0.3 is 0 Å². The molecule has 25 heavy (non-hydrogen) atoms. The molecule has 1 aliphatic rings. The fourth-order valence-corrected chi connectivity index (χ4v) is 3.33. The summed E-state index contributed by atoms with van der Waals surface area (Å²) in [5.41, 5.74) is 0.694. The van der Waals surface area contributed by atoms with Gasteiger partial charge in [0, 0.05) is 18.4 Å². The van der Waals surface area contributed by atoms with Crippen LogP contribution < -0.4 is 10.9 Å². The van der Waals surface area contributed by atoms with Gasteiger partial charge in [-0.1, -0.05) is 25.1 Å². The van der Waals surface area contributed by atoms with Crippen molar-refractivity contribution in [3.63, 3.8) is 0 Å². The topological polar surface area (TPSA) is 67.2 Å². The Bertz CT molecular complexity index is 794. The molecular weight excluding hydrogens is 316 g/mol. The van der Waals surface area contributed by atoms with Gasteiger partial charge in [0.1, 0.15) is 0 Å². The number of nitrogens with one attached hydrogen (secondary N) is 1. The molecule has 1 aliphatic heterocycles. The van der Waals surface area contributed by atoms with Crippen molar-refractivity contribution in [1.29, 1.82) is 0 Å². The van der Waals surface area contributed by atoms with Crippen molar-refractivity contribution >= 4 is 16.7 Å². The lowest BCUT2D eigenvalue weighted by Gasteiger charge is -2.16. The Hall–Kier alpha value is -2.21. The van der Waals surface area contributed by atoms with Crippen molar-refractivity contribution in [2.24, 2.45) is 0 Å². The number of nitrogens with zero attached hydrogens (tertiary/aromatic N) is 3. The van der Waals surface area contributed by atoms with Crippen LogP contribution in [0.1, 0.15) is 38.3 Å². The van der Waals surface area contributed by atoms with Crippen LogP contribution in [0.2, 0.25) is 0 Å². The molecule has 2 aromatic rings. The molecule has 0 spiro atoms. The summed E-state index contributed by atoms with van der Waals surface area (Å²) >= 11 is 0. The van der Waals surface area contributed by atoms with Crippen molar-refractivity contribution in [2.75, 3.05) is 19.6 Å². The van der Waals surface area contributed by atoms with Gasteiger partial charge in [-0.25, -0.2) is 4.68 Å². The van der Waals surface area contributed by atoms with Gasteiger partial charge in [0.15, 0.2) is 0 Å². The number of amides is 1. The standard InChI is InChI=1S/C19H26N4O2/c1-2-7-18(24)20-14-17-15-8-3-4-9-16(15)19(25)23(21-17)13-12-22-10-5-6-11-22/h3-4,8-9H,2,5-7,10-14H2,1H3,(H,20,24). The summed E-state index contributed by atoms with van der Waals surface area (Å²) in [5, 5.41) is 8.95. The third-order valence-corrected chi connectivity index (χ3v) is 4.70. The van der Waals surface area contributed by atoms with Crippen LogP contribution in [-0.2, 0) is 17.9 Å². The monoisotopic (exact) mass is 342 g/mol. The fourth-order valence-electron chi connectivity index (χ4n) is 3.33. The molecule has 1 fully saturated rings. The highest BCUT2D eigenvalue weighted by atomic mass is 16.1. The molecule has 0 radical (unpaired) electrons. The normalized spacial score (nSPS) is 14.9. The van der Waals surface area contributed by atoms with E-state index in [9.17, 15) is 9.59 Å². The number of hydrogen-bond donors (Lipinski definition) is 1. The number of hydrogen-bond acceptors (Lipinski definition) is 4. The van der Waals surface area contributed by atoms with E-state index in [-0.39, 0.29) is 11.5 Å². The SMILES string of the molecule is CCCC(=O)NCc1nn(CCN2CCCC2)c(=O)c2ccccc12. The van der Waals surface area contributed by atoms with Crippen LogP contribution in [0.3, 0.4) is 0 Å². The van der Waals surface area contributed by atoms with Crippen LogP contribution in [0, 0.1) is 0 Å². The number of likely N-dealkylation sites (tertiary alicyclic amines) is 1. The second-order valence-corrected chi connectivity index (χ2v) is 6.60. The number of fused-ring (bicyclic) bond motifs is 1. The lowest BCUT2D eigenvalue weighted by atomic mass is 10.1. The summed E-state index contributed by atoms with van der Waals surface area (Å²) in [6.45, 7) is 5.95. The van der Waals surface area contributed by atoms with Crippen LogP contribution in [0.5, 0.6) is 0 Å². The lowest BCUT2D eigenvalue weighted by Crippen LogP contribution is -2.32. The molecule has 0 atom stereocenters. The van der Waals surface area contributed by atoms with Crippen molar-refractivity contribution in [3.05, 3.63) is 40.3 Å². The first kappa shape index (κ1) is 17.6. The van der Waals surface area contributed by atoms with Crippen molar-refractivity contribution in [3.8, 4) is 0 Å². The average molecular weight is 342 g/mol. The second kappa shape index (κ2) is 8.25. The summed E-state index contributed by atoms with van der Waals surface area (Å²) in [4.78, 5) is 26.9. The predicted molar refractivity (Wildman–Crippen MR) is 98.4 cm³/mol. The van der Waals surface area contributed by atoms with E-state index >= 15 is 0 Å². The molecule has 0 unspecified atom stereocenters. The zero-order valence-electron chi connectivity index (χ0n) is 14.8. The van der Waals surface area contributed by atoms with Gasteiger partial charge < -0.3 is 10.2 Å². The van der Waals surface area contributed by atoms with E-state index in [1.807, 2.05) is 31.2 Å². The molecule has 1 aromatic carbocycles. The molecule has 1 saturated heterocycles. The Kier molecular flexibility index (Phi) is 5.81. The minimum absolute atomic E-state index is 0.0168.